The molecule has 13 heavy (non-hydrogen) atoms. The van der Waals surface area contributed by atoms with Gasteiger partial charge in [-0.25, -0.2) is 4.39 Å². The minimum atomic E-state index is -0.371. The third-order valence-electron chi connectivity index (χ3n) is 1.40. The van der Waals surface area contributed by atoms with Crippen molar-refractivity contribution >= 4 is 17.7 Å². The molecular weight excluding hydrogens is 189 g/mol. The fourth-order valence-corrected chi connectivity index (χ4v) is 1.15. The highest BCUT2D eigenvalue weighted by Gasteiger charge is 1.95. The third-order valence-corrected chi connectivity index (χ3v) is 1.62. The van der Waals surface area contributed by atoms with E-state index in [0.717, 1.165) is 0 Å². The molecule has 0 amide bonds. The van der Waals surface area contributed by atoms with E-state index in [4.69, 9.17) is 16.9 Å². The zero-order valence-electron chi connectivity index (χ0n) is 6.80. The van der Waals surface area contributed by atoms with Crippen LogP contribution in [-0.2, 0) is 0 Å². The number of halogens is 2. The maximum absolute atomic E-state index is 12.8. The Bertz CT molecular complexity index is 345. The molecule has 0 aliphatic rings. The molecule has 0 atom stereocenters. The van der Waals surface area contributed by atoms with Crippen LogP contribution < -0.4 is 0 Å². The lowest BCUT2D eigenvalue weighted by Crippen LogP contribution is -1.77. The second-order valence-corrected chi connectivity index (χ2v) is 2.90. The Labute approximate surface area is 81.1 Å². The molecule has 0 unspecified atom stereocenters. The van der Waals surface area contributed by atoms with Crippen LogP contribution in [0.4, 0.5) is 4.39 Å². The fourth-order valence-electron chi connectivity index (χ4n) is 0.919. The lowest BCUT2D eigenvalue weighted by atomic mass is 10.2. The summed E-state index contributed by atoms with van der Waals surface area (Å²) in [5, 5.41) is 8.61. The Morgan fingerprint density at radius 2 is 2.23 bits per heavy atom. The summed E-state index contributed by atoms with van der Waals surface area (Å²) < 4.78 is 12.8. The summed E-state index contributed by atoms with van der Waals surface area (Å²) in [6, 6.07) is 6.19. The predicted molar refractivity (Wildman–Crippen MR) is 50.7 cm³/mol. The smallest absolute Gasteiger partial charge is 0.125 e. The average Bonchev–Trinajstić information content (AvgIpc) is 2.03. The molecule has 0 heterocycles. The van der Waals surface area contributed by atoms with E-state index in [2.05, 4.69) is 0 Å². The van der Waals surface area contributed by atoms with E-state index in [0.29, 0.717) is 17.0 Å². The molecule has 66 valence electrons. The van der Waals surface area contributed by atoms with Crippen molar-refractivity contribution < 1.29 is 4.39 Å². The van der Waals surface area contributed by atoms with Crippen LogP contribution >= 0.6 is 11.6 Å². The van der Waals surface area contributed by atoms with Gasteiger partial charge in [-0.05, 0) is 23.8 Å². The van der Waals surface area contributed by atoms with E-state index < -0.39 is 0 Å². The summed E-state index contributed by atoms with van der Waals surface area (Å²) in [6.07, 6.45) is 3.64. The average molecular weight is 196 g/mol. The highest BCUT2D eigenvalue weighted by molar-refractivity contribution is 6.30. The normalized spacial score (nSPS) is 10.2. The monoisotopic (exact) mass is 195 g/mol. The molecule has 0 aromatic heterocycles. The molecule has 0 saturated heterocycles. The number of hydrogen-bond acceptors (Lipinski definition) is 1. The van der Waals surface area contributed by atoms with Gasteiger partial charge >= 0.3 is 0 Å². The van der Waals surface area contributed by atoms with Gasteiger partial charge in [-0.15, -0.1) is 0 Å². The van der Waals surface area contributed by atoms with Crippen LogP contribution in [0.3, 0.4) is 0 Å². The van der Waals surface area contributed by atoms with Gasteiger partial charge < -0.3 is 0 Å². The second-order valence-electron chi connectivity index (χ2n) is 2.47. The Balaban J connectivity index is 2.84. The standard InChI is InChI=1S/C10H7ClFN/c11-9-5-8(3-1-2-4-13)6-10(12)7-9/h1,3,5-7H,2H2. The minimum Gasteiger partial charge on any atom is -0.207 e. The molecule has 3 heteroatoms. The van der Waals surface area contributed by atoms with Crippen molar-refractivity contribution in [3.63, 3.8) is 0 Å². The highest BCUT2D eigenvalue weighted by Crippen LogP contribution is 2.15. The van der Waals surface area contributed by atoms with Crippen molar-refractivity contribution in [2.75, 3.05) is 0 Å². The summed E-state index contributed by atoms with van der Waals surface area (Å²) >= 11 is 5.62. The number of allylic oxidation sites excluding steroid dienone is 1. The van der Waals surface area contributed by atoms with Gasteiger partial charge in [0, 0.05) is 5.02 Å². The minimum absolute atomic E-state index is 0.314. The Morgan fingerprint density at radius 3 is 2.85 bits per heavy atom. The maximum Gasteiger partial charge on any atom is 0.125 e. The van der Waals surface area contributed by atoms with Crippen LogP contribution in [-0.4, -0.2) is 0 Å². The Morgan fingerprint density at radius 1 is 1.46 bits per heavy atom. The molecule has 1 aromatic carbocycles. The first-order valence-electron chi connectivity index (χ1n) is 3.72. The molecule has 0 saturated carbocycles. The lowest BCUT2D eigenvalue weighted by Gasteiger charge is -1.95. The van der Waals surface area contributed by atoms with Crippen molar-refractivity contribution in [1.29, 1.82) is 5.26 Å². The summed E-state index contributed by atoms with van der Waals surface area (Å²) in [6.45, 7) is 0. The van der Waals surface area contributed by atoms with Crippen LogP contribution in [0.1, 0.15) is 12.0 Å². The first-order chi connectivity index (χ1) is 6.22. The van der Waals surface area contributed by atoms with Gasteiger partial charge in [0.25, 0.3) is 0 Å². The molecule has 1 aromatic rings. The summed E-state index contributed by atoms with van der Waals surface area (Å²) in [5.74, 6) is -0.371. The van der Waals surface area contributed by atoms with Crippen LogP contribution in [0.5, 0.6) is 0 Å². The summed E-state index contributed by atoms with van der Waals surface area (Å²) in [4.78, 5) is 0. The maximum atomic E-state index is 12.8. The zero-order valence-corrected chi connectivity index (χ0v) is 7.55. The molecule has 1 nitrogen and oxygen atoms in total. The second kappa shape index (κ2) is 4.64. The molecule has 1 rings (SSSR count). The number of nitriles is 1. The van der Waals surface area contributed by atoms with Gasteiger partial charge in [-0.2, -0.15) is 5.26 Å². The molecule has 0 radical (unpaired) electrons. The van der Waals surface area contributed by atoms with Crippen LogP contribution in [0.2, 0.25) is 5.02 Å². The van der Waals surface area contributed by atoms with Gasteiger partial charge in [0.05, 0.1) is 12.5 Å². The predicted octanol–water partition coefficient (Wildman–Crippen LogP) is 3.41. The van der Waals surface area contributed by atoms with Gasteiger partial charge in [0.15, 0.2) is 0 Å². The molecule has 0 bridgehead atoms. The van der Waals surface area contributed by atoms with Gasteiger partial charge in [-0.3, -0.25) is 0 Å². The van der Waals surface area contributed by atoms with Gasteiger partial charge in [0.2, 0.25) is 0 Å². The topological polar surface area (TPSA) is 23.8 Å². The van der Waals surface area contributed by atoms with Crippen molar-refractivity contribution in [2.24, 2.45) is 0 Å². The SMILES string of the molecule is N#CCC=Cc1cc(F)cc(Cl)c1. The number of benzene rings is 1. The quantitative estimate of drug-likeness (QED) is 0.710. The molecule has 0 spiro atoms. The largest absolute Gasteiger partial charge is 0.207 e. The van der Waals surface area contributed by atoms with E-state index in [-0.39, 0.29) is 5.82 Å². The van der Waals surface area contributed by atoms with Gasteiger partial charge in [0.1, 0.15) is 5.82 Å². The lowest BCUT2D eigenvalue weighted by molar-refractivity contribution is 0.627. The van der Waals surface area contributed by atoms with Gasteiger partial charge in [-0.1, -0.05) is 23.8 Å². The molecule has 0 aliphatic carbocycles. The summed E-state index contributed by atoms with van der Waals surface area (Å²) in [5.41, 5.74) is 0.667. The number of rotatable bonds is 2. The Kier molecular flexibility index (Phi) is 3.48. The molecule has 0 aliphatic heterocycles. The zero-order chi connectivity index (χ0) is 9.68. The number of hydrogen-bond donors (Lipinski definition) is 0. The summed E-state index contributed by atoms with van der Waals surface area (Å²) in [7, 11) is 0. The van der Waals surface area contributed by atoms with Crippen molar-refractivity contribution in [3.8, 4) is 6.07 Å². The van der Waals surface area contributed by atoms with E-state index in [1.807, 2.05) is 6.07 Å². The van der Waals surface area contributed by atoms with Crippen LogP contribution in [0.15, 0.2) is 24.3 Å². The van der Waals surface area contributed by atoms with E-state index in [1.54, 1.807) is 18.2 Å². The molecular formula is C10H7ClFN. The Hall–Kier alpha value is -1.33. The molecule has 0 fully saturated rings. The van der Waals surface area contributed by atoms with E-state index in [9.17, 15) is 4.39 Å². The number of nitrogens with zero attached hydrogens (tertiary/aromatic N) is 1. The third kappa shape index (κ3) is 3.27. The fraction of sp³-hybridized carbons (Fsp3) is 0.100. The van der Waals surface area contributed by atoms with Crippen LogP contribution in [0.25, 0.3) is 6.08 Å². The van der Waals surface area contributed by atoms with Crippen molar-refractivity contribution in [2.45, 2.75) is 6.42 Å². The first-order valence-corrected chi connectivity index (χ1v) is 4.10. The first kappa shape index (κ1) is 9.76. The van der Waals surface area contributed by atoms with E-state index >= 15 is 0 Å². The molecule has 0 N–H and O–H groups in total. The van der Waals surface area contributed by atoms with E-state index in [1.165, 1.54) is 12.1 Å². The highest BCUT2D eigenvalue weighted by atomic mass is 35.5. The van der Waals surface area contributed by atoms with Crippen molar-refractivity contribution in [3.05, 3.63) is 40.7 Å². The van der Waals surface area contributed by atoms with Crippen molar-refractivity contribution in [1.82, 2.24) is 0 Å². The van der Waals surface area contributed by atoms with Crippen LogP contribution in [0, 0.1) is 17.1 Å².